The van der Waals surface area contributed by atoms with E-state index >= 15 is 0 Å². The molecule has 5 nitrogen and oxygen atoms in total. The molecule has 1 aromatic carbocycles. The maximum atomic E-state index is 11.1. The minimum atomic E-state index is -0.181. The number of nitrogens with zero attached hydrogens (tertiary/aromatic N) is 2. The summed E-state index contributed by atoms with van der Waals surface area (Å²) in [6.07, 6.45) is 3.24. The molecule has 0 bridgehead atoms. The molecule has 0 fully saturated rings. The summed E-state index contributed by atoms with van der Waals surface area (Å²) in [7, 11) is 5.54. The Bertz CT molecular complexity index is 509. The lowest BCUT2D eigenvalue weighted by Crippen LogP contribution is -2.43. The minimum Gasteiger partial charge on any atom is -0.469 e. The van der Waals surface area contributed by atoms with Crippen molar-refractivity contribution in [1.29, 1.82) is 0 Å². The number of rotatable bonds is 11. The molecule has 25 heavy (non-hydrogen) atoms. The summed E-state index contributed by atoms with van der Waals surface area (Å²) in [6.45, 7) is 3.45. The molecular formula is C19H31N3O2S. The molecule has 0 amide bonds. The number of thiocarbonyl (C=S) groups is 1. The van der Waals surface area contributed by atoms with Gasteiger partial charge in [-0.3, -0.25) is 4.79 Å². The summed E-state index contributed by atoms with van der Waals surface area (Å²) in [4.78, 5) is 15.5. The molecule has 0 radical (unpaired) electrons. The number of nitrogens with one attached hydrogen (secondary N) is 1. The Morgan fingerprint density at radius 2 is 1.84 bits per heavy atom. The molecule has 1 N–H and O–H groups in total. The highest BCUT2D eigenvalue weighted by atomic mass is 32.1. The van der Waals surface area contributed by atoms with E-state index in [1.54, 1.807) is 0 Å². The largest absolute Gasteiger partial charge is 0.469 e. The fourth-order valence-electron chi connectivity index (χ4n) is 2.40. The quantitative estimate of drug-likeness (QED) is 0.369. The van der Waals surface area contributed by atoms with Crippen LogP contribution in [0.15, 0.2) is 30.3 Å². The molecular weight excluding hydrogens is 334 g/mol. The topological polar surface area (TPSA) is 44.8 Å². The van der Waals surface area contributed by atoms with E-state index in [0.29, 0.717) is 13.0 Å². The van der Waals surface area contributed by atoms with Crippen molar-refractivity contribution in [2.75, 3.05) is 47.4 Å². The van der Waals surface area contributed by atoms with Crippen molar-refractivity contribution >= 4 is 23.3 Å². The first-order valence-corrected chi connectivity index (χ1v) is 9.22. The molecule has 0 unspecified atom stereocenters. The number of likely N-dealkylation sites (N-methyl/N-ethyl adjacent to an activating group) is 1. The van der Waals surface area contributed by atoms with E-state index in [1.165, 1.54) is 12.7 Å². The van der Waals surface area contributed by atoms with Gasteiger partial charge in [0.05, 0.1) is 7.11 Å². The van der Waals surface area contributed by atoms with Crippen molar-refractivity contribution < 1.29 is 9.53 Å². The standard InChI is InChI=1S/C19H31N3O2S/c1-21(2)15-16-22(14-8-11-17-9-5-4-6-10-17)19(25)20-13-7-12-18(23)24-3/h4-6,9-10H,7-8,11-16H2,1-3H3,(H,20,25). The smallest absolute Gasteiger partial charge is 0.305 e. The van der Waals surface area contributed by atoms with Gasteiger partial charge in [-0.2, -0.15) is 0 Å². The van der Waals surface area contributed by atoms with Crippen molar-refractivity contribution in [3.63, 3.8) is 0 Å². The maximum absolute atomic E-state index is 11.1. The molecule has 0 saturated carbocycles. The van der Waals surface area contributed by atoms with Gasteiger partial charge < -0.3 is 19.9 Å². The maximum Gasteiger partial charge on any atom is 0.305 e. The van der Waals surface area contributed by atoms with Crippen LogP contribution in [0.2, 0.25) is 0 Å². The molecule has 6 heteroatoms. The van der Waals surface area contributed by atoms with Crippen molar-refractivity contribution in [2.45, 2.75) is 25.7 Å². The number of esters is 1. The number of benzene rings is 1. The minimum absolute atomic E-state index is 0.181. The molecule has 1 rings (SSSR count). The fraction of sp³-hybridized carbons (Fsp3) is 0.579. The van der Waals surface area contributed by atoms with E-state index in [0.717, 1.165) is 44.0 Å². The first kappa shape index (κ1) is 21.4. The average molecular weight is 366 g/mol. The molecule has 0 aliphatic heterocycles. The molecule has 0 aliphatic rings. The van der Waals surface area contributed by atoms with Crippen LogP contribution >= 0.6 is 12.2 Å². The lowest BCUT2D eigenvalue weighted by molar-refractivity contribution is -0.140. The number of carbonyl (C=O) groups is 1. The monoisotopic (exact) mass is 365 g/mol. The first-order chi connectivity index (χ1) is 12.0. The van der Waals surface area contributed by atoms with Crippen LogP contribution in [0.25, 0.3) is 0 Å². The second kappa shape index (κ2) is 12.7. The molecule has 0 heterocycles. The lowest BCUT2D eigenvalue weighted by Gasteiger charge is -2.27. The number of hydrogen-bond acceptors (Lipinski definition) is 4. The molecule has 1 aromatic rings. The number of methoxy groups -OCH3 is 1. The number of aryl methyl sites for hydroxylation is 1. The molecule has 0 saturated heterocycles. The summed E-state index contributed by atoms with van der Waals surface area (Å²) in [5, 5.41) is 4.03. The van der Waals surface area contributed by atoms with E-state index in [9.17, 15) is 4.79 Å². The number of hydrogen-bond donors (Lipinski definition) is 1. The van der Waals surface area contributed by atoms with E-state index in [2.05, 4.69) is 58.2 Å². The SMILES string of the molecule is COC(=O)CCCNC(=S)N(CCCc1ccccc1)CCN(C)C. The van der Waals surface area contributed by atoms with Crippen LogP contribution in [-0.4, -0.2) is 68.3 Å². The molecule has 0 aromatic heterocycles. The summed E-state index contributed by atoms with van der Waals surface area (Å²) >= 11 is 5.55. The Hall–Kier alpha value is -1.66. The zero-order chi connectivity index (χ0) is 18.5. The highest BCUT2D eigenvalue weighted by molar-refractivity contribution is 7.80. The van der Waals surface area contributed by atoms with Gasteiger partial charge in [-0.25, -0.2) is 0 Å². The third-order valence-electron chi connectivity index (χ3n) is 3.90. The number of ether oxygens (including phenoxy) is 1. The normalized spacial score (nSPS) is 10.6. The van der Waals surface area contributed by atoms with Gasteiger partial charge in [0.1, 0.15) is 0 Å². The summed E-state index contributed by atoms with van der Waals surface area (Å²) < 4.78 is 4.65. The summed E-state index contributed by atoms with van der Waals surface area (Å²) in [5.41, 5.74) is 1.35. The Kier molecular flexibility index (Phi) is 10.8. The Balaban J connectivity index is 2.39. The first-order valence-electron chi connectivity index (χ1n) is 8.81. The van der Waals surface area contributed by atoms with Gasteiger partial charge in [-0.1, -0.05) is 30.3 Å². The molecule has 0 atom stereocenters. The summed E-state index contributed by atoms with van der Waals surface area (Å²) in [5.74, 6) is -0.181. The highest BCUT2D eigenvalue weighted by Gasteiger charge is 2.10. The van der Waals surface area contributed by atoms with Crippen LogP contribution in [0.5, 0.6) is 0 Å². The third kappa shape index (κ3) is 10.0. The Labute approximate surface area is 157 Å². The Morgan fingerprint density at radius 1 is 1.12 bits per heavy atom. The second-order valence-electron chi connectivity index (χ2n) is 6.29. The van der Waals surface area contributed by atoms with E-state index < -0.39 is 0 Å². The van der Waals surface area contributed by atoms with Crippen LogP contribution in [-0.2, 0) is 16.0 Å². The van der Waals surface area contributed by atoms with E-state index in [4.69, 9.17) is 12.2 Å². The van der Waals surface area contributed by atoms with Crippen molar-refractivity contribution in [3.8, 4) is 0 Å². The highest BCUT2D eigenvalue weighted by Crippen LogP contribution is 2.04. The molecule has 0 aliphatic carbocycles. The van der Waals surface area contributed by atoms with Gasteiger partial charge in [-0.15, -0.1) is 0 Å². The zero-order valence-corrected chi connectivity index (χ0v) is 16.5. The Morgan fingerprint density at radius 3 is 2.48 bits per heavy atom. The molecule has 0 spiro atoms. The predicted octanol–water partition coefficient (Wildman–Crippen LogP) is 2.31. The van der Waals surface area contributed by atoms with Gasteiger partial charge in [0, 0.05) is 32.6 Å². The van der Waals surface area contributed by atoms with E-state index in [1.807, 2.05) is 6.07 Å². The zero-order valence-electron chi connectivity index (χ0n) is 15.7. The van der Waals surface area contributed by atoms with Crippen molar-refractivity contribution in [3.05, 3.63) is 35.9 Å². The van der Waals surface area contributed by atoms with Crippen molar-refractivity contribution in [1.82, 2.24) is 15.1 Å². The van der Waals surface area contributed by atoms with Gasteiger partial charge in [0.15, 0.2) is 5.11 Å². The average Bonchev–Trinajstić information content (AvgIpc) is 2.61. The number of carbonyl (C=O) groups excluding carboxylic acids is 1. The van der Waals surface area contributed by atoms with Gasteiger partial charge >= 0.3 is 5.97 Å². The van der Waals surface area contributed by atoms with Crippen molar-refractivity contribution in [2.24, 2.45) is 0 Å². The second-order valence-corrected chi connectivity index (χ2v) is 6.68. The molecule has 140 valence electrons. The summed E-state index contributed by atoms with van der Waals surface area (Å²) in [6, 6.07) is 10.5. The van der Waals surface area contributed by atoms with E-state index in [-0.39, 0.29) is 5.97 Å². The van der Waals surface area contributed by atoms with Gasteiger partial charge in [-0.05, 0) is 51.1 Å². The third-order valence-corrected chi connectivity index (χ3v) is 4.30. The fourth-order valence-corrected chi connectivity index (χ4v) is 2.68. The van der Waals surface area contributed by atoms with Crippen LogP contribution in [0.4, 0.5) is 0 Å². The van der Waals surface area contributed by atoms with Gasteiger partial charge in [0.2, 0.25) is 0 Å². The van der Waals surface area contributed by atoms with Crippen LogP contribution in [0.1, 0.15) is 24.8 Å². The van der Waals surface area contributed by atoms with Crippen LogP contribution < -0.4 is 5.32 Å². The van der Waals surface area contributed by atoms with Crippen LogP contribution in [0.3, 0.4) is 0 Å². The van der Waals surface area contributed by atoms with Crippen LogP contribution in [0, 0.1) is 0 Å². The predicted molar refractivity (Wildman–Crippen MR) is 107 cm³/mol. The lowest BCUT2D eigenvalue weighted by atomic mass is 10.1. The van der Waals surface area contributed by atoms with Gasteiger partial charge in [0.25, 0.3) is 0 Å².